The smallest absolute Gasteiger partial charge is 0.387 e. The molecule has 1 heterocycles. The second-order valence-corrected chi connectivity index (χ2v) is 6.93. The van der Waals surface area contributed by atoms with E-state index in [0.29, 0.717) is 22.9 Å². The topological polar surface area (TPSA) is 65.5 Å². The maximum atomic E-state index is 13.0. The molecule has 31 heavy (non-hydrogen) atoms. The van der Waals surface area contributed by atoms with E-state index >= 15 is 0 Å². The van der Waals surface area contributed by atoms with Crippen molar-refractivity contribution in [2.24, 2.45) is 0 Å². The van der Waals surface area contributed by atoms with E-state index in [4.69, 9.17) is 9.72 Å². The van der Waals surface area contributed by atoms with E-state index in [1.807, 2.05) is 38.1 Å². The molecule has 0 N–H and O–H groups in total. The van der Waals surface area contributed by atoms with E-state index in [9.17, 15) is 18.4 Å². The molecular formula is C24H23F2NO4. The lowest BCUT2D eigenvalue weighted by molar-refractivity contribution is -0.0498. The van der Waals surface area contributed by atoms with E-state index in [1.54, 1.807) is 0 Å². The van der Waals surface area contributed by atoms with Crippen molar-refractivity contribution in [1.29, 1.82) is 0 Å². The molecule has 0 radical (unpaired) electrons. The molecule has 3 aromatic rings. The molecule has 5 nitrogen and oxygen atoms in total. The lowest BCUT2D eigenvalue weighted by Crippen LogP contribution is -2.17. The SMILES string of the molecule is CCCc1nc2ccccc2c(C(=O)OCC(=O)c2ccc(OC(F)F)cc2)c1CC. The first kappa shape index (κ1) is 22.3. The van der Waals surface area contributed by atoms with Crippen LogP contribution >= 0.6 is 0 Å². The normalized spacial score (nSPS) is 11.0. The first-order valence-corrected chi connectivity index (χ1v) is 10.1. The Labute approximate surface area is 179 Å². The maximum Gasteiger partial charge on any atom is 0.387 e. The molecular weight excluding hydrogens is 404 g/mol. The number of halogens is 2. The number of Topliss-reactive ketones (excluding diaryl/α,β-unsaturated/α-hetero) is 1. The number of carbonyl (C=O) groups is 2. The van der Waals surface area contributed by atoms with E-state index in [1.165, 1.54) is 24.3 Å². The van der Waals surface area contributed by atoms with Crippen LogP contribution in [0.4, 0.5) is 8.78 Å². The van der Waals surface area contributed by atoms with Crippen molar-refractivity contribution in [3.63, 3.8) is 0 Å². The molecule has 0 fully saturated rings. The van der Waals surface area contributed by atoms with Crippen LogP contribution in [0.3, 0.4) is 0 Å². The number of ketones is 1. The summed E-state index contributed by atoms with van der Waals surface area (Å²) in [5.74, 6) is -1.08. The van der Waals surface area contributed by atoms with Crippen LogP contribution in [0.1, 0.15) is 52.2 Å². The van der Waals surface area contributed by atoms with Gasteiger partial charge in [-0.25, -0.2) is 4.79 Å². The van der Waals surface area contributed by atoms with E-state index < -0.39 is 25.0 Å². The van der Waals surface area contributed by atoms with Crippen LogP contribution in [-0.2, 0) is 17.6 Å². The molecule has 0 saturated heterocycles. The second-order valence-electron chi connectivity index (χ2n) is 6.93. The Balaban J connectivity index is 1.82. The van der Waals surface area contributed by atoms with Gasteiger partial charge in [0.2, 0.25) is 0 Å². The molecule has 7 heteroatoms. The summed E-state index contributed by atoms with van der Waals surface area (Å²) in [6, 6.07) is 12.6. The van der Waals surface area contributed by atoms with Crippen LogP contribution in [0, 0.1) is 0 Å². The van der Waals surface area contributed by atoms with Crippen LogP contribution in [0.5, 0.6) is 5.75 Å². The molecule has 0 amide bonds. The quantitative estimate of drug-likeness (QED) is 0.338. The van der Waals surface area contributed by atoms with Gasteiger partial charge >= 0.3 is 12.6 Å². The predicted molar refractivity (Wildman–Crippen MR) is 113 cm³/mol. The molecule has 0 atom stereocenters. The summed E-state index contributed by atoms with van der Waals surface area (Å²) in [7, 11) is 0. The molecule has 0 saturated carbocycles. The molecule has 0 unspecified atom stereocenters. The summed E-state index contributed by atoms with van der Waals surface area (Å²) in [6.45, 7) is 0.597. The summed E-state index contributed by atoms with van der Waals surface area (Å²) in [6.07, 6.45) is 2.23. The largest absolute Gasteiger partial charge is 0.454 e. The molecule has 3 rings (SSSR count). The van der Waals surface area contributed by atoms with Crippen molar-refractivity contribution < 1.29 is 27.8 Å². The summed E-state index contributed by atoms with van der Waals surface area (Å²) in [5.41, 5.74) is 3.06. The molecule has 2 aromatic carbocycles. The third-order valence-electron chi connectivity index (χ3n) is 4.86. The number of alkyl halides is 2. The molecule has 0 aliphatic heterocycles. The summed E-state index contributed by atoms with van der Waals surface area (Å²) >= 11 is 0. The number of nitrogens with zero attached hydrogens (tertiary/aromatic N) is 1. The number of hydrogen-bond acceptors (Lipinski definition) is 5. The minimum atomic E-state index is -2.94. The number of rotatable bonds is 9. The Kier molecular flexibility index (Phi) is 7.28. The van der Waals surface area contributed by atoms with Gasteiger partial charge in [0.15, 0.2) is 12.4 Å². The average molecular weight is 427 g/mol. The van der Waals surface area contributed by atoms with E-state index in [0.717, 1.165) is 24.1 Å². The van der Waals surface area contributed by atoms with Gasteiger partial charge in [-0.15, -0.1) is 0 Å². The van der Waals surface area contributed by atoms with Crippen LogP contribution in [-0.4, -0.2) is 30.0 Å². The Morgan fingerprint density at radius 3 is 2.39 bits per heavy atom. The minimum absolute atomic E-state index is 0.0529. The molecule has 162 valence electrons. The van der Waals surface area contributed by atoms with Crippen LogP contribution in [0.15, 0.2) is 48.5 Å². The van der Waals surface area contributed by atoms with Gasteiger partial charge in [-0.2, -0.15) is 8.78 Å². The zero-order chi connectivity index (χ0) is 22.4. The number of fused-ring (bicyclic) bond motifs is 1. The number of benzene rings is 2. The van der Waals surface area contributed by atoms with Gasteiger partial charge in [0.25, 0.3) is 0 Å². The highest BCUT2D eigenvalue weighted by atomic mass is 19.3. The van der Waals surface area contributed by atoms with Crippen LogP contribution in [0.2, 0.25) is 0 Å². The molecule has 0 bridgehead atoms. The van der Waals surface area contributed by atoms with Gasteiger partial charge in [0.05, 0.1) is 11.1 Å². The minimum Gasteiger partial charge on any atom is -0.454 e. The standard InChI is InChI=1S/C24H23F2NO4/c1-3-7-19-17(4-2)22(18-8-5-6-9-20(18)27-19)23(29)30-14-21(28)15-10-12-16(13-11-15)31-24(25)26/h5-6,8-13,24H,3-4,7,14H2,1-2H3. The fraction of sp³-hybridized carbons (Fsp3) is 0.292. The number of pyridine rings is 1. The van der Waals surface area contributed by atoms with Gasteiger partial charge in [-0.3, -0.25) is 9.78 Å². The Morgan fingerprint density at radius 2 is 1.74 bits per heavy atom. The third kappa shape index (κ3) is 5.23. The summed E-state index contributed by atoms with van der Waals surface area (Å²) < 4.78 is 34.1. The number of aromatic nitrogens is 1. The zero-order valence-corrected chi connectivity index (χ0v) is 17.4. The fourth-order valence-corrected chi connectivity index (χ4v) is 3.47. The van der Waals surface area contributed by atoms with Gasteiger partial charge in [0.1, 0.15) is 5.75 Å². The monoisotopic (exact) mass is 427 g/mol. The highest BCUT2D eigenvalue weighted by Crippen LogP contribution is 2.26. The summed E-state index contributed by atoms with van der Waals surface area (Å²) in [4.78, 5) is 30.1. The zero-order valence-electron chi connectivity index (χ0n) is 17.4. The fourth-order valence-electron chi connectivity index (χ4n) is 3.47. The number of ether oxygens (including phenoxy) is 2. The van der Waals surface area contributed by atoms with Gasteiger partial charge in [0, 0.05) is 16.6 Å². The van der Waals surface area contributed by atoms with Crippen LogP contribution < -0.4 is 4.74 Å². The number of para-hydroxylation sites is 1. The van der Waals surface area contributed by atoms with Gasteiger partial charge < -0.3 is 9.47 Å². The van der Waals surface area contributed by atoms with Crippen LogP contribution in [0.25, 0.3) is 10.9 Å². The molecule has 0 spiro atoms. The van der Waals surface area contributed by atoms with Crippen molar-refractivity contribution >= 4 is 22.7 Å². The number of esters is 1. The Bertz CT molecular complexity index is 1080. The number of aryl methyl sites for hydroxylation is 1. The Hall–Kier alpha value is -3.35. The molecule has 0 aliphatic carbocycles. The van der Waals surface area contributed by atoms with Crippen molar-refractivity contribution in [3.05, 3.63) is 70.9 Å². The van der Waals surface area contributed by atoms with Crippen molar-refractivity contribution in [2.45, 2.75) is 39.7 Å². The van der Waals surface area contributed by atoms with Gasteiger partial charge in [-0.05, 0) is 48.7 Å². The number of carbonyl (C=O) groups excluding carboxylic acids is 2. The molecule has 0 aliphatic rings. The first-order chi connectivity index (χ1) is 14.9. The summed E-state index contributed by atoms with van der Waals surface area (Å²) in [5, 5.41) is 0.685. The highest BCUT2D eigenvalue weighted by Gasteiger charge is 2.21. The lowest BCUT2D eigenvalue weighted by Gasteiger charge is -2.15. The number of hydrogen-bond donors (Lipinski definition) is 0. The predicted octanol–water partition coefficient (Wildman–Crippen LogP) is 5.39. The lowest BCUT2D eigenvalue weighted by atomic mass is 9.96. The van der Waals surface area contributed by atoms with Crippen molar-refractivity contribution in [3.8, 4) is 5.75 Å². The Morgan fingerprint density at radius 1 is 1.03 bits per heavy atom. The van der Waals surface area contributed by atoms with Crippen molar-refractivity contribution in [1.82, 2.24) is 4.98 Å². The maximum absolute atomic E-state index is 13.0. The van der Waals surface area contributed by atoms with E-state index in [-0.39, 0.29) is 11.3 Å². The highest BCUT2D eigenvalue weighted by molar-refractivity contribution is 6.06. The second kappa shape index (κ2) is 10.1. The van der Waals surface area contributed by atoms with Crippen molar-refractivity contribution in [2.75, 3.05) is 6.61 Å². The first-order valence-electron chi connectivity index (χ1n) is 10.1. The van der Waals surface area contributed by atoms with E-state index in [2.05, 4.69) is 4.74 Å². The molecule has 1 aromatic heterocycles. The average Bonchev–Trinajstić information content (AvgIpc) is 2.76. The third-order valence-corrected chi connectivity index (χ3v) is 4.86. The van der Waals surface area contributed by atoms with Gasteiger partial charge in [-0.1, -0.05) is 38.5 Å².